The molecule has 1 aliphatic rings. The lowest BCUT2D eigenvalue weighted by Gasteiger charge is -2.12. The molecule has 0 aromatic heterocycles. The molecule has 0 bridgehead atoms. The van der Waals surface area contributed by atoms with Crippen LogP contribution in [0.3, 0.4) is 0 Å². The summed E-state index contributed by atoms with van der Waals surface area (Å²) in [5.41, 5.74) is 5.60. The molecule has 2 unspecified atom stereocenters. The number of guanidine groups is 1. The highest BCUT2D eigenvalue weighted by Gasteiger charge is 2.24. The Morgan fingerprint density at radius 3 is 3.00 bits per heavy atom. The summed E-state index contributed by atoms with van der Waals surface area (Å²) < 4.78 is 0. The van der Waals surface area contributed by atoms with Crippen LogP contribution in [0.15, 0.2) is 4.99 Å². The molecule has 0 aromatic rings. The number of nitrogens with one attached hydrogen (secondary N) is 1. The molecule has 0 spiro atoms. The maximum Gasteiger partial charge on any atom is 0.188 e. The van der Waals surface area contributed by atoms with E-state index in [1.54, 1.807) is 7.05 Å². The normalized spacial score (nSPS) is 29.2. The van der Waals surface area contributed by atoms with Gasteiger partial charge in [-0.25, -0.2) is 0 Å². The molecule has 4 heteroatoms. The van der Waals surface area contributed by atoms with Gasteiger partial charge in [-0.1, -0.05) is 6.92 Å². The largest absolute Gasteiger partial charge is 0.370 e. The highest BCUT2D eigenvalue weighted by atomic mass is 32.2. The van der Waals surface area contributed by atoms with Gasteiger partial charge in [0, 0.05) is 18.3 Å². The number of nitrogens with two attached hydrogens (primary N) is 1. The first-order valence-corrected chi connectivity index (χ1v) is 5.91. The molecule has 0 saturated heterocycles. The predicted octanol–water partition coefficient (Wildman–Crippen LogP) is 1.19. The van der Waals surface area contributed by atoms with Crippen molar-refractivity contribution in [2.75, 3.05) is 12.8 Å². The van der Waals surface area contributed by atoms with Crippen molar-refractivity contribution in [1.82, 2.24) is 5.32 Å². The zero-order valence-electron chi connectivity index (χ0n) is 8.42. The fourth-order valence-electron chi connectivity index (χ4n) is 1.73. The molecule has 1 saturated carbocycles. The summed E-state index contributed by atoms with van der Waals surface area (Å²) in [6.45, 7) is 2.22. The third-order valence-corrected chi connectivity index (χ3v) is 3.61. The van der Waals surface area contributed by atoms with Gasteiger partial charge in [-0.3, -0.25) is 4.99 Å². The van der Waals surface area contributed by atoms with E-state index in [1.165, 1.54) is 25.0 Å². The topological polar surface area (TPSA) is 50.4 Å². The van der Waals surface area contributed by atoms with Crippen molar-refractivity contribution in [2.24, 2.45) is 10.7 Å². The maximum absolute atomic E-state index is 5.60. The highest BCUT2D eigenvalue weighted by Crippen LogP contribution is 2.29. The monoisotopic (exact) mass is 201 g/mol. The summed E-state index contributed by atoms with van der Waals surface area (Å²) in [5, 5.41) is 4.06. The number of aliphatic imine (C=N–C) groups is 1. The molecule has 2 atom stereocenters. The van der Waals surface area contributed by atoms with Gasteiger partial charge >= 0.3 is 0 Å². The van der Waals surface area contributed by atoms with Crippen LogP contribution in [0.5, 0.6) is 0 Å². The molecule has 1 aliphatic carbocycles. The van der Waals surface area contributed by atoms with Crippen LogP contribution in [0, 0.1) is 0 Å². The fraction of sp³-hybridized carbons (Fsp3) is 0.889. The zero-order chi connectivity index (χ0) is 9.68. The molecule has 0 amide bonds. The molecule has 1 fully saturated rings. The van der Waals surface area contributed by atoms with E-state index in [-0.39, 0.29) is 0 Å². The summed E-state index contributed by atoms with van der Waals surface area (Å²) in [5.74, 6) is 1.79. The van der Waals surface area contributed by atoms with E-state index in [0.717, 1.165) is 5.25 Å². The second kappa shape index (κ2) is 5.37. The van der Waals surface area contributed by atoms with Crippen molar-refractivity contribution in [3.63, 3.8) is 0 Å². The fourth-order valence-corrected chi connectivity index (χ4v) is 2.87. The Hall–Kier alpha value is -0.380. The quantitative estimate of drug-likeness (QED) is 0.533. The summed E-state index contributed by atoms with van der Waals surface area (Å²) >= 11 is 2.06. The van der Waals surface area contributed by atoms with E-state index in [9.17, 15) is 0 Å². The molecule has 76 valence electrons. The van der Waals surface area contributed by atoms with Crippen LogP contribution in [-0.2, 0) is 0 Å². The van der Waals surface area contributed by atoms with Gasteiger partial charge in [0.15, 0.2) is 5.96 Å². The first kappa shape index (κ1) is 10.7. The van der Waals surface area contributed by atoms with Gasteiger partial charge in [-0.15, -0.1) is 0 Å². The average Bonchev–Trinajstić information content (AvgIpc) is 2.53. The molecule has 1 rings (SSSR count). The summed E-state index contributed by atoms with van der Waals surface area (Å²) in [4.78, 5) is 3.90. The average molecular weight is 201 g/mol. The van der Waals surface area contributed by atoms with Crippen molar-refractivity contribution in [3.8, 4) is 0 Å². The molecule has 3 nitrogen and oxygen atoms in total. The first-order valence-electron chi connectivity index (χ1n) is 4.86. The molecule has 0 aromatic carbocycles. The Morgan fingerprint density at radius 1 is 1.62 bits per heavy atom. The molecule has 0 heterocycles. The Balaban J connectivity index is 2.25. The lowest BCUT2D eigenvalue weighted by Crippen LogP contribution is -2.38. The summed E-state index contributed by atoms with van der Waals surface area (Å²) in [6.07, 6.45) is 3.77. The molecule has 0 aliphatic heterocycles. The van der Waals surface area contributed by atoms with E-state index >= 15 is 0 Å². The summed E-state index contributed by atoms with van der Waals surface area (Å²) in [7, 11) is 1.72. The minimum absolute atomic E-state index is 0.549. The Labute approximate surface area is 84.6 Å². The van der Waals surface area contributed by atoms with Gasteiger partial charge in [0.05, 0.1) is 0 Å². The molecular weight excluding hydrogens is 182 g/mol. The molecule has 0 radical (unpaired) electrons. The number of rotatable bonds is 3. The standard InChI is InChI=1S/C9H19N3S/c1-3-13-8-5-4-7(6-8)12-9(10)11-2/h7-8H,3-6H2,1-2H3,(H3,10,11,12). The van der Waals surface area contributed by atoms with Crippen molar-refractivity contribution in [3.05, 3.63) is 0 Å². The lowest BCUT2D eigenvalue weighted by molar-refractivity contribution is 0.628. The number of hydrogen-bond donors (Lipinski definition) is 2. The third-order valence-electron chi connectivity index (χ3n) is 2.38. The number of nitrogens with zero attached hydrogens (tertiary/aromatic N) is 1. The van der Waals surface area contributed by atoms with E-state index in [4.69, 9.17) is 5.73 Å². The third kappa shape index (κ3) is 3.46. The van der Waals surface area contributed by atoms with Gasteiger partial charge in [-0.2, -0.15) is 11.8 Å². The zero-order valence-corrected chi connectivity index (χ0v) is 9.23. The van der Waals surface area contributed by atoms with E-state index in [0.29, 0.717) is 12.0 Å². The van der Waals surface area contributed by atoms with Crippen LogP contribution >= 0.6 is 11.8 Å². The minimum atomic E-state index is 0.549. The summed E-state index contributed by atoms with van der Waals surface area (Å²) in [6, 6.07) is 0.549. The second-order valence-corrected chi connectivity index (χ2v) is 4.92. The second-order valence-electron chi connectivity index (χ2n) is 3.34. The molecule has 3 N–H and O–H groups in total. The van der Waals surface area contributed by atoms with Crippen LogP contribution < -0.4 is 11.1 Å². The Bertz CT molecular complexity index is 182. The van der Waals surface area contributed by atoms with Crippen LogP contribution in [0.2, 0.25) is 0 Å². The van der Waals surface area contributed by atoms with Crippen LogP contribution in [0.25, 0.3) is 0 Å². The van der Waals surface area contributed by atoms with E-state index < -0.39 is 0 Å². The number of thioether (sulfide) groups is 1. The van der Waals surface area contributed by atoms with Crippen molar-refractivity contribution in [1.29, 1.82) is 0 Å². The smallest absolute Gasteiger partial charge is 0.188 e. The highest BCUT2D eigenvalue weighted by molar-refractivity contribution is 7.99. The van der Waals surface area contributed by atoms with Gasteiger partial charge < -0.3 is 11.1 Å². The lowest BCUT2D eigenvalue weighted by atomic mass is 10.2. The van der Waals surface area contributed by atoms with E-state index in [1.807, 2.05) is 0 Å². The van der Waals surface area contributed by atoms with Crippen molar-refractivity contribution in [2.45, 2.75) is 37.5 Å². The van der Waals surface area contributed by atoms with Crippen molar-refractivity contribution < 1.29 is 0 Å². The van der Waals surface area contributed by atoms with Gasteiger partial charge in [0.1, 0.15) is 0 Å². The number of hydrogen-bond acceptors (Lipinski definition) is 2. The minimum Gasteiger partial charge on any atom is -0.370 e. The molecular formula is C9H19N3S. The predicted molar refractivity (Wildman–Crippen MR) is 60.2 cm³/mol. The molecule has 13 heavy (non-hydrogen) atoms. The van der Waals surface area contributed by atoms with Crippen LogP contribution in [0.1, 0.15) is 26.2 Å². The SMILES string of the molecule is CCSC1CCC(NC(N)=NC)C1. The Morgan fingerprint density at radius 2 is 2.38 bits per heavy atom. The van der Waals surface area contributed by atoms with Crippen LogP contribution in [0.4, 0.5) is 0 Å². The van der Waals surface area contributed by atoms with E-state index in [2.05, 4.69) is 29.0 Å². The van der Waals surface area contributed by atoms with Gasteiger partial charge in [-0.05, 0) is 25.0 Å². The maximum atomic E-state index is 5.60. The first-order chi connectivity index (χ1) is 6.26. The van der Waals surface area contributed by atoms with Gasteiger partial charge in [0.25, 0.3) is 0 Å². The van der Waals surface area contributed by atoms with Gasteiger partial charge in [0.2, 0.25) is 0 Å². The van der Waals surface area contributed by atoms with Crippen LogP contribution in [-0.4, -0.2) is 30.1 Å². The Kier molecular flexibility index (Phi) is 4.42. The van der Waals surface area contributed by atoms with Crippen molar-refractivity contribution >= 4 is 17.7 Å².